The number of piperazine rings is 1. The molecule has 1 aromatic rings. The summed E-state index contributed by atoms with van der Waals surface area (Å²) in [6.45, 7) is 11.3. The molecule has 0 bridgehead atoms. The predicted octanol–water partition coefficient (Wildman–Crippen LogP) is 2.66. The molecule has 1 aromatic carbocycles. The summed E-state index contributed by atoms with van der Waals surface area (Å²) in [7, 11) is 0. The van der Waals surface area contributed by atoms with E-state index in [-0.39, 0.29) is 0 Å². The van der Waals surface area contributed by atoms with Crippen molar-refractivity contribution in [1.29, 1.82) is 0 Å². The van der Waals surface area contributed by atoms with Gasteiger partial charge in [0, 0.05) is 32.2 Å². The second kappa shape index (κ2) is 5.65. The summed E-state index contributed by atoms with van der Waals surface area (Å²) < 4.78 is 0. The van der Waals surface area contributed by atoms with Crippen molar-refractivity contribution in [3.63, 3.8) is 0 Å². The van der Waals surface area contributed by atoms with E-state index in [0.717, 1.165) is 13.1 Å². The highest BCUT2D eigenvalue weighted by molar-refractivity contribution is 5.30. The van der Waals surface area contributed by atoms with Crippen LogP contribution in [-0.4, -0.2) is 31.1 Å². The van der Waals surface area contributed by atoms with Crippen LogP contribution in [-0.2, 0) is 0 Å². The molecule has 1 heterocycles. The topological polar surface area (TPSA) is 15.3 Å². The van der Waals surface area contributed by atoms with E-state index in [9.17, 15) is 0 Å². The lowest BCUT2D eigenvalue weighted by molar-refractivity contribution is 0.169. The van der Waals surface area contributed by atoms with Gasteiger partial charge in [0.2, 0.25) is 0 Å². The van der Waals surface area contributed by atoms with Crippen molar-refractivity contribution in [3.05, 3.63) is 34.9 Å². The number of benzene rings is 1. The first-order valence-electron chi connectivity index (χ1n) is 6.73. The molecular weight excluding hydrogens is 208 g/mol. The number of hydrogen-bond acceptors (Lipinski definition) is 2. The Kier molecular flexibility index (Phi) is 4.19. The predicted molar refractivity (Wildman–Crippen MR) is 73.4 cm³/mol. The molecule has 0 radical (unpaired) electrons. The Bertz CT molecular complexity index is 347. The lowest BCUT2D eigenvalue weighted by Gasteiger charge is -2.35. The first-order valence-corrected chi connectivity index (χ1v) is 6.73. The summed E-state index contributed by atoms with van der Waals surface area (Å²) in [5.74, 6) is 0. The van der Waals surface area contributed by atoms with E-state index in [1.54, 1.807) is 0 Å². The van der Waals surface area contributed by atoms with Crippen LogP contribution >= 0.6 is 0 Å². The van der Waals surface area contributed by atoms with Gasteiger partial charge in [-0.1, -0.05) is 36.2 Å². The van der Waals surface area contributed by atoms with Gasteiger partial charge in [-0.25, -0.2) is 0 Å². The largest absolute Gasteiger partial charge is 0.314 e. The van der Waals surface area contributed by atoms with Crippen LogP contribution in [0.4, 0.5) is 0 Å². The van der Waals surface area contributed by atoms with Crippen molar-refractivity contribution in [1.82, 2.24) is 10.2 Å². The average molecular weight is 232 g/mol. The normalized spacial score (nSPS) is 19.2. The minimum absolute atomic E-state index is 0.593. The zero-order chi connectivity index (χ0) is 12.3. The zero-order valence-electron chi connectivity index (χ0n) is 11.3. The third kappa shape index (κ3) is 3.08. The van der Waals surface area contributed by atoms with E-state index in [1.807, 2.05) is 0 Å². The summed E-state index contributed by atoms with van der Waals surface area (Å²) in [5.41, 5.74) is 4.26. The summed E-state index contributed by atoms with van der Waals surface area (Å²) in [4.78, 5) is 2.62. The first-order chi connectivity index (χ1) is 8.20. The smallest absolute Gasteiger partial charge is 0.0346 e. The third-order valence-electron chi connectivity index (χ3n) is 3.61. The van der Waals surface area contributed by atoms with E-state index in [0.29, 0.717) is 6.04 Å². The van der Waals surface area contributed by atoms with Gasteiger partial charge in [0.05, 0.1) is 0 Å². The van der Waals surface area contributed by atoms with Gasteiger partial charge in [-0.3, -0.25) is 4.90 Å². The second-order valence-corrected chi connectivity index (χ2v) is 5.13. The molecule has 1 saturated heterocycles. The lowest BCUT2D eigenvalue weighted by atomic mass is 9.98. The molecule has 2 nitrogen and oxygen atoms in total. The molecule has 0 aliphatic carbocycles. The Labute approximate surface area is 105 Å². The Hall–Kier alpha value is -0.860. The summed E-state index contributed by atoms with van der Waals surface area (Å²) in [6.07, 6.45) is 1.20. The number of hydrogen-bond donors (Lipinski definition) is 1. The highest BCUT2D eigenvalue weighted by atomic mass is 15.2. The molecule has 1 N–H and O–H groups in total. The van der Waals surface area contributed by atoms with Gasteiger partial charge >= 0.3 is 0 Å². The number of rotatable bonds is 3. The molecule has 2 heteroatoms. The van der Waals surface area contributed by atoms with Crippen LogP contribution in [0.2, 0.25) is 0 Å². The zero-order valence-corrected chi connectivity index (χ0v) is 11.3. The van der Waals surface area contributed by atoms with Crippen LogP contribution in [0, 0.1) is 13.8 Å². The van der Waals surface area contributed by atoms with Crippen LogP contribution in [0.25, 0.3) is 0 Å². The first kappa shape index (κ1) is 12.6. The highest BCUT2D eigenvalue weighted by Gasteiger charge is 2.20. The second-order valence-electron chi connectivity index (χ2n) is 5.13. The third-order valence-corrected chi connectivity index (χ3v) is 3.61. The highest BCUT2D eigenvalue weighted by Crippen LogP contribution is 2.26. The van der Waals surface area contributed by atoms with Gasteiger partial charge < -0.3 is 5.32 Å². The maximum atomic E-state index is 3.43. The van der Waals surface area contributed by atoms with Crippen molar-refractivity contribution in [2.45, 2.75) is 33.2 Å². The Morgan fingerprint density at radius 3 is 2.24 bits per heavy atom. The molecule has 1 unspecified atom stereocenters. The molecule has 1 aliphatic heterocycles. The Balaban J connectivity index is 2.21. The van der Waals surface area contributed by atoms with E-state index < -0.39 is 0 Å². The number of aryl methyl sites for hydroxylation is 2. The van der Waals surface area contributed by atoms with Crippen molar-refractivity contribution in [2.75, 3.05) is 26.2 Å². The molecular formula is C15H24N2. The number of nitrogens with one attached hydrogen (secondary N) is 1. The minimum Gasteiger partial charge on any atom is -0.314 e. The Morgan fingerprint density at radius 2 is 1.71 bits per heavy atom. The fraction of sp³-hybridized carbons (Fsp3) is 0.600. The SMILES string of the molecule is CCC(c1cc(C)cc(C)c1)N1CCNCC1. The van der Waals surface area contributed by atoms with Crippen LogP contribution in [0.5, 0.6) is 0 Å². The van der Waals surface area contributed by atoms with Gasteiger partial charge in [0.25, 0.3) is 0 Å². The molecule has 1 atom stereocenters. The molecule has 2 rings (SSSR count). The van der Waals surface area contributed by atoms with E-state index >= 15 is 0 Å². The quantitative estimate of drug-likeness (QED) is 0.862. The van der Waals surface area contributed by atoms with Crippen molar-refractivity contribution < 1.29 is 0 Å². The monoisotopic (exact) mass is 232 g/mol. The van der Waals surface area contributed by atoms with Gasteiger partial charge in [0.15, 0.2) is 0 Å². The minimum atomic E-state index is 0.593. The van der Waals surface area contributed by atoms with E-state index in [4.69, 9.17) is 0 Å². The molecule has 0 aromatic heterocycles. The van der Waals surface area contributed by atoms with Crippen molar-refractivity contribution in [2.24, 2.45) is 0 Å². The average Bonchev–Trinajstić information content (AvgIpc) is 2.30. The fourth-order valence-corrected chi connectivity index (χ4v) is 2.90. The van der Waals surface area contributed by atoms with Gasteiger partial charge in [-0.05, 0) is 25.8 Å². The molecule has 94 valence electrons. The molecule has 1 fully saturated rings. The number of nitrogens with zero attached hydrogens (tertiary/aromatic N) is 1. The van der Waals surface area contributed by atoms with Gasteiger partial charge in [-0.2, -0.15) is 0 Å². The summed E-state index contributed by atoms with van der Waals surface area (Å²) in [6, 6.07) is 7.55. The summed E-state index contributed by atoms with van der Waals surface area (Å²) in [5, 5.41) is 3.43. The maximum absolute atomic E-state index is 3.43. The fourth-order valence-electron chi connectivity index (χ4n) is 2.90. The van der Waals surface area contributed by atoms with Crippen molar-refractivity contribution >= 4 is 0 Å². The summed E-state index contributed by atoms with van der Waals surface area (Å²) >= 11 is 0. The van der Waals surface area contributed by atoms with Crippen LogP contribution in [0.1, 0.15) is 36.1 Å². The maximum Gasteiger partial charge on any atom is 0.0346 e. The Morgan fingerprint density at radius 1 is 1.12 bits per heavy atom. The van der Waals surface area contributed by atoms with Crippen LogP contribution < -0.4 is 5.32 Å². The van der Waals surface area contributed by atoms with Gasteiger partial charge in [-0.15, -0.1) is 0 Å². The van der Waals surface area contributed by atoms with Crippen LogP contribution in [0.3, 0.4) is 0 Å². The van der Waals surface area contributed by atoms with E-state index in [1.165, 1.54) is 36.2 Å². The molecule has 0 spiro atoms. The molecule has 17 heavy (non-hydrogen) atoms. The molecule has 0 saturated carbocycles. The van der Waals surface area contributed by atoms with Gasteiger partial charge in [0.1, 0.15) is 0 Å². The molecule has 0 amide bonds. The van der Waals surface area contributed by atoms with Crippen LogP contribution in [0.15, 0.2) is 18.2 Å². The lowest BCUT2D eigenvalue weighted by Crippen LogP contribution is -2.45. The molecule has 1 aliphatic rings. The van der Waals surface area contributed by atoms with Crippen molar-refractivity contribution in [3.8, 4) is 0 Å². The standard InChI is InChI=1S/C15H24N2/c1-4-15(17-7-5-16-6-8-17)14-10-12(2)9-13(3)11-14/h9-11,15-16H,4-8H2,1-3H3. The van der Waals surface area contributed by atoms with E-state index in [2.05, 4.69) is 49.2 Å².